The number of hydrogen-bond acceptors (Lipinski definition) is 5. The van der Waals surface area contributed by atoms with Crippen molar-refractivity contribution in [1.29, 1.82) is 0 Å². The van der Waals surface area contributed by atoms with Gasteiger partial charge in [-0.1, -0.05) is 30.6 Å². The molecule has 1 aliphatic heterocycles. The SMILES string of the molecule is CCCCc1noc(CN2CCCC2c2ccc(OC)cc2)n1. The Morgan fingerprint density at radius 2 is 2.13 bits per heavy atom. The molecule has 0 amide bonds. The number of methoxy groups -OCH3 is 1. The van der Waals surface area contributed by atoms with E-state index in [1.165, 1.54) is 18.4 Å². The maximum absolute atomic E-state index is 5.42. The molecule has 3 rings (SSSR count). The average molecular weight is 315 g/mol. The van der Waals surface area contributed by atoms with E-state index in [9.17, 15) is 0 Å². The van der Waals surface area contributed by atoms with Crippen molar-refractivity contribution in [3.8, 4) is 5.75 Å². The van der Waals surface area contributed by atoms with E-state index in [1.807, 2.05) is 12.1 Å². The molecule has 23 heavy (non-hydrogen) atoms. The summed E-state index contributed by atoms with van der Waals surface area (Å²) in [5.74, 6) is 2.47. The Morgan fingerprint density at radius 1 is 1.30 bits per heavy atom. The van der Waals surface area contributed by atoms with Crippen molar-refractivity contribution in [2.24, 2.45) is 0 Å². The van der Waals surface area contributed by atoms with Crippen molar-refractivity contribution in [3.05, 3.63) is 41.5 Å². The van der Waals surface area contributed by atoms with Crippen LogP contribution in [0.2, 0.25) is 0 Å². The third-order valence-electron chi connectivity index (χ3n) is 4.47. The largest absolute Gasteiger partial charge is 0.497 e. The smallest absolute Gasteiger partial charge is 0.240 e. The quantitative estimate of drug-likeness (QED) is 0.778. The van der Waals surface area contributed by atoms with Crippen molar-refractivity contribution in [2.45, 2.75) is 51.6 Å². The van der Waals surface area contributed by atoms with E-state index in [2.05, 4.69) is 34.1 Å². The molecule has 0 bridgehead atoms. The van der Waals surface area contributed by atoms with E-state index in [4.69, 9.17) is 9.26 Å². The van der Waals surface area contributed by atoms with Crippen LogP contribution in [-0.4, -0.2) is 28.7 Å². The summed E-state index contributed by atoms with van der Waals surface area (Å²) in [4.78, 5) is 6.96. The third-order valence-corrected chi connectivity index (χ3v) is 4.47. The minimum Gasteiger partial charge on any atom is -0.497 e. The topological polar surface area (TPSA) is 51.4 Å². The standard InChI is InChI=1S/C18H25N3O2/c1-3-4-7-17-19-18(23-20-17)13-21-12-5-6-16(21)14-8-10-15(22-2)11-9-14/h8-11,16H,3-7,12-13H2,1-2H3. The van der Waals surface area contributed by atoms with Gasteiger partial charge >= 0.3 is 0 Å². The van der Waals surface area contributed by atoms with Crippen LogP contribution in [-0.2, 0) is 13.0 Å². The Kier molecular flexibility index (Phi) is 5.28. The Morgan fingerprint density at radius 3 is 2.87 bits per heavy atom. The average Bonchev–Trinajstić information content (AvgIpc) is 3.23. The molecule has 1 aromatic heterocycles. The van der Waals surface area contributed by atoms with Crippen LogP contribution in [0.3, 0.4) is 0 Å². The van der Waals surface area contributed by atoms with Crippen LogP contribution in [0.1, 0.15) is 55.9 Å². The monoisotopic (exact) mass is 315 g/mol. The minimum absolute atomic E-state index is 0.423. The van der Waals surface area contributed by atoms with Gasteiger partial charge in [0.2, 0.25) is 5.89 Å². The third kappa shape index (κ3) is 3.91. The highest BCUT2D eigenvalue weighted by Crippen LogP contribution is 2.33. The molecule has 1 saturated heterocycles. The Balaban J connectivity index is 1.65. The predicted octanol–water partition coefficient (Wildman–Crippen LogP) is 3.76. The van der Waals surface area contributed by atoms with E-state index in [0.717, 1.165) is 49.8 Å². The second-order valence-corrected chi connectivity index (χ2v) is 6.11. The van der Waals surface area contributed by atoms with Crippen LogP contribution < -0.4 is 4.74 Å². The van der Waals surface area contributed by atoms with Crippen molar-refractivity contribution >= 4 is 0 Å². The highest BCUT2D eigenvalue weighted by atomic mass is 16.5. The normalized spacial score (nSPS) is 18.4. The molecule has 1 unspecified atom stereocenters. The maximum Gasteiger partial charge on any atom is 0.240 e. The number of aryl methyl sites for hydroxylation is 1. The fourth-order valence-electron chi connectivity index (χ4n) is 3.18. The molecule has 0 saturated carbocycles. The van der Waals surface area contributed by atoms with Gasteiger partial charge in [0.15, 0.2) is 5.82 Å². The van der Waals surface area contributed by atoms with E-state index in [1.54, 1.807) is 7.11 Å². The van der Waals surface area contributed by atoms with Gasteiger partial charge in [-0.2, -0.15) is 4.98 Å². The summed E-state index contributed by atoms with van der Waals surface area (Å²) >= 11 is 0. The highest BCUT2D eigenvalue weighted by Gasteiger charge is 2.27. The molecule has 2 aromatic rings. The first-order valence-corrected chi connectivity index (χ1v) is 8.49. The van der Waals surface area contributed by atoms with Gasteiger partial charge in [-0.25, -0.2) is 0 Å². The predicted molar refractivity (Wildman–Crippen MR) is 88.3 cm³/mol. The van der Waals surface area contributed by atoms with Crippen LogP contribution in [0.4, 0.5) is 0 Å². The summed E-state index contributed by atoms with van der Waals surface area (Å²) < 4.78 is 10.7. The summed E-state index contributed by atoms with van der Waals surface area (Å²) in [5.41, 5.74) is 1.33. The van der Waals surface area contributed by atoms with Gasteiger partial charge in [0.05, 0.1) is 13.7 Å². The summed E-state index contributed by atoms with van der Waals surface area (Å²) in [5, 5.41) is 4.09. The van der Waals surface area contributed by atoms with Gasteiger partial charge < -0.3 is 9.26 Å². The van der Waals surface area contributed by atoms with Gasteiger partial charge in [0.1, 0.15) is 5.75 Å². The van der Waals surface area contributed by atoms with Crippen molar-refractivity contribution in [3.63, 3.8) is 0 Å². The zero-order valence-electron chi connectivity index (χ0n) is 14.0. The maximum atomic E-state index is 5.42. The summed E-state index contributed by atoms with van der Waals surface area (Å²) in [6.45, 7) is 3.98. The lowest BCUT2D eigenvalue weighted by molar-refractivity contribution is 0.212. The summed E-state index contributed by atoms with van der Waals surface area (Å²) in [6, 6.07) is 8.79. The molecule has 1 aromatic carbocycles. The van der Waals surface area contributed by atoms with E-state index in [-0.39, 0.29) is 0 Å². The first kappa shape index (κ1) is 16.0. The fraction of sp³-hybridized carbons (Fsp3) is 0.556. The van der Waals surface area contributed by atoms with Crippen molar-refractivity contribution in [1.82, 2.24) is 15.0 Å². The molecular formula is C18H25N3O2. The Bertz CT molecular complexity index is 609. The van der Waals surface area contributed by atoms with E-state index >= 15 is 0 Å². The fourth-order valence-corrected chi connectivity index (χ4v) is 3.18. The van der Waals surface area contributed by atoms with Crippen molar-refractivity contribution in [2.75, 3.05) is 13.7 Å². The molecule has 0 spiro atoms. The molecule has 2 heterocycles. The van der Waals surface area contributed by atoms with Gasteiger partial charge in [0.25, 0.3) is 0 Å². The van der Waals surface area contributed by atoms with Crippen LogP contribution in [0, 0.1) is 0 Å². The molecule has 0 radical (unpaired) electrons. The summed E-state index contributed by atoms with van der Waals surface area (Å²) in [6.07, 6.45) is 5.53. The van der Waals surface area contributed by atoms with Crippen LogP contribution in [0.5, 0.6) is 5.75 Å². The second kappa shape index (κ2) is 7.59. The zero-order valence-corrected chi connectivity index (χ0v) is 14.0. The molecule has 124 valence electrons. The molecule has 1 fully saturated rings. The van der Waals surface area contributed by atoms with E-state index < -0.39 is 0 Å². The zero-order chi connectivity index (χ0) is 16.1. The molecule has 0 aliphatic carbocycles. The lowest BCUT2D eigenvalue weighted by atomic mass is 10.0. The van der Waals surface area contributed by atoms with E-state index in [0.29, 0.717) is 6.04 Å². The number of unbranched alkanes of at least 4 members (excludes halogenated alkanes) is 1. The lowest BCUT2D eigenvalue weighted by Crippen LogP contribution is -2.23. The lowest BCUT2D eigenvalue weighted by Gasteiger charge is -2.23. The Labute approximate surface area is 137 Å². The van der Waals surface area contributed by atoms with Crippen LogP contribution in [0.15, 0.2) is 28.8 Å². The first-order valence-electron chi connectivity index (χ1n) is 8.49. The number of rotatable bonds is 7. The second-order valence-electron chi connectivity index (χ2n) is 6.11. The van der Waals surface area contributed by atoms with Gasteiger partial charge in [0, 0.05) is 12.5 Å². The molecule has 1 aliphatic rings. The van der Waals surface area contributed by atoms with Crippen LogP contribution in [0.25, 0.3) is 0 Å². The first-order chi connectivity index (χ1) is 11.3. The molecular weight excluding hydrogens is 290 g/mol. The Hall–Kier alpha value is -1.88. The molecule has 0 N–H and O–H groups in total. The number of hydrogen-bond donors (Lipinski definition) is 0. The number of benzene rings is 1. The number of aromatic nitrogens is 2. The van der Waals surface area contributed by atoms with Gasteiger partial charge in [-0.3, -0.25) is 4.90 Å². The number of likely N-dealkylation sites (tertiary alicyclic amines) is 1. The molecule has 5 nitrogen and oxygen atoms in total. The number of nitrogens with zero attached hydrogens (tertiary/aromatic N) is 3. The molecule has 5 heteroatoms. The van der Waals surface area contributed by atoms with Gasteiger partial charge in [-0.05, 0) is 43.5 Å². The van der Waals surface area contributed by atoms with Gasteiger partial charge in [-0.15, -0.1) is 0 Å². The van der Waals surface area contributed by atoms with Crippen molar-refractivity contribution < 1.29 is 9.26 Å². The summed E-state index contributed by atoms with van der Waals surface area (Å²) in [7, 11) is 1.70. The minimum atomic E-state index is 0.423. The highest BCUT2D eigenvalue weighted by molar-refractivity contribution is 5.29. The van der Waals surface area contributed by atoms with Crippen LogP contribution >= 0.6 is 0 Å². The number of ether oxygens (including phenoxy) is 1. The molecule has 1 atom stereocenters.